The van der Waals surface area contributed by atoms with Gasteiger partial charge in [-0.2, -0.15) is 4.31 Å². The van der Waals surface area contributed by atoms with E-state index in [1.54, 1.807) is 4.31 Å². The molecule has 0 radical (unpaired) electrons. The summed E-state index contributed by atoms with van der Waals surface area (Å²) in [6.45, 7) is 3.89. The lowest BCUT2D eigenvalue weighted by atomic mass is 9.93. The van der Waals surface area contributed by atoms with Gasteiger partial charge >= 0.3 is 0 Å². The summed E-state index contributed by atoms with van der Waals surface area (Å²) in [4.78, 5) is 0. The minimum Gasteiger partial charge on any atom is -0.381 e. The largest absolute Gasteiger partial charge is 0.381 e. The zero-order valence-electron chi connectivity index (χ0n) is 12.9. The molecule has 2 aliphatic rings. The van der Waals surface area contributed by atoms with E-state index in [9.17, 15) is 8.42 Å². The van der Waals surface area contributed by atoms with E-state index in [0.29, 0.717) is 19.8 Å². The van der Waals surface area contributed by atoms with Gasteiger partial charge in [0.25, 0.3) is 0 Å². The second kappa shape index (κ2) is 7.87. The maximum atomic E-state index is 12.6. The Morgan fingerprint density at radius 1 is 1.33 bits per heavy atom. The van der Waals surface area contributed by atoms with Crippen LogP contribution in [-0.2, 0) is 19.5 Å². The highest BCUT2D eigenvalue weighted by Gasteiger charge is 2.39. The Kier molecular flexibility index (Phi) is 6.43. The second-order valence-electron chi connectivity index (χ2n) is 5.88. The Balaban J connectivity index is 2.03. The van der Waals surface area contributed by atoms with Gasteiger partial charge in [-0.25, -0.2) is 8.42 Å². The number of hydrogen-bond donors (Lipinski definition) is 1. The van der Waals surface area contributed by atoms with Gasteiger partial charge in [-0.1, -0.05) is 6.42 Å². The van der Waals surface area contributed by atoms with Crippen molar-refractivity contribution in [3.63, 3.8) is 0 Å². The molecule has 0 aliphatic carbocycles. The lowest BCUT2D eigenvalue weighted by Gasteiger charge is -2.41. The lowest BCUT2D eigenvalue weighted by Crippen LogP contribution is -2.54. The third-order valence-electron chi connectivity index (χ3n) is 4.33. The Bertz CT molecular complexity index is 415. The average Bonchev–Trinajstić information content (AvgIpc) is 2.47. The molecule has 21 heavy (non-hydrogen) atoms. The Labute approximate surface area is 128 Å². The Morgan fingerprint density at radius 3 is 2.86 bits per heavy atom. The highest BCUT2D eigenvalue weighted by Crippen LogP contribution is 2.28. The van der Waals surface area contributed by atoms with Crippen molar-refractivity contribution in [1.29, 1.82) is 0 Å². The SMILES string of the molecule is CCOCCS(=O)(=O)N1CCCCC1C1CC(N)CCO1. The number of rotatable bonds is 6. The number of ether oxygens (including phenoxy) is 2. The predicted molar refractivity (Wildman–Crippen MR) is 81.6 cm³/mol. The van der Waals surface area contributed by atoms with Crippen LogP contribution in [0.5, 0.6) is 0 Å². The van der Waals surface area contributed by atoms with Gasteiger partial charge in [-0.3, -0.25) is 0 Å². The molecule has 2 aliphatic heterocycles. The average molecular weight is 320 g/mol. The first kappa shape index (κ1) is 17.1. The van der Waals surface area contributed by atoms with Crippen LogP contribution in [0.4, 0.5) is 0 Å². The molecule has 0 aromatic carbocycles. The van der Waals surface area contributed by atoms with E-state index in [4.69, 9.17) is 15.2 Å². The topological polar surface area (TPSA) is 81.9 Å². The highest BCUT2D eigenvalue weighted by atomic mass is 32.2. The molecule has 124 valence electrons. The smallest absolute Gasteiger partial charge is 0.216 e. The highest BCUT2D eigenvalue weighted by molar-refractivity contribution is 7.89. The molecule has 0 aromatic rings. The fourth-order valence-electron chi connectivity index (χ4n) is 3.20. The first-order valence-corrected chi connectivity index (χ1v) is 9.60. The predicted octanol–water partition coefficient (Wildman–Crippen LogP) is 0.714. The van der Waals surface area contributed by atoms with E-state index in [0.717, 1.165) is 32.1 Å². The van der Waals surface area contributed by atoms with E-state index in [1.807, 2.05) is 6.92 Å². The molecule has 6 nitrogen and oxygen atoms in total. The molecule has 2 N–H and O–H groups in total. The summed E-state index contributed by atoms with van der Waals surface area (Å²) < 4.78 is 37.8. The summed E-state index contributed by atoms with van der Waals surface area (Å²) in [7, 11) is -3.28. The monoisotopic (exact) mass is 320 g/mol. The quantitative estimate of drug-likeness (QED) is 0.729. The summed E-state index contributed by atoms with van der Waals surface area (Å²) in [6, 6.07) is 0.0652. The van der Waals surface area contributed by atoms with Gasteiger partial charge in [-0.05, 0) is 32.6 Å². The van der Waals surface area contributed by atoms with Crippen LogP contribution in [-0.4, -0.2) is 63.0 Å². The third-order valence-corrected chi connectivity index (χ3v) is 6.18. The van der Waals surface area contributed by atoms with E-state index < -0.39 is 10.0 Å². The maximum Gasteiger partial charge on any atom is 0.216 e. The van der Waals surface area contributed by atoms with E-state index in [1.165, 1.54) is 0 Å². The number of hydrogen-bond acceptors (Lipinski definition) is 5. The standard InChI is InChI=1S/C14H28N2O4S/c1-2-19-9-10-21(17,18)16-7-4-3-5-13(16)14-11-12(15)6-8-20-14/h12-14H,2-11,15H2,1H3. The van der Waals surface area contributed by atoms with Crippen LogP contribution >= 0.6 is 0 Å². The molecule has 2 saturated heterocycles. The van der Waals surface area contributed by atoms with Gasteiger partial charge in [0.05, 0.1) is 24.5 Å². The molecule has 7 heteroatoms. The minimum atomic E-state index is -3.28. The van der Waals surface area contributed by atoms with Crippen LogP contribution in [0.3, 0.4) is 0 Å². The van der Waals surface area contributed by atoms with Crippen LogP contribution in [0, 0.1) is 0 Å². The number of nitrogens with two attached hydrogens (primary N) is 1. The normalized spacial score (nSPS) is 32.2. The fraction of sp³-hybridized carbons (Fsp3) is 1.00. The van der Waals surface area contributed by atoms with Crippen LogP contribution < -0.4 is 5.73 Å². The van der Waals surface area contributed by atoms with Crippen molar-refractivity contribution in [2.45, 2.75) is 57.2 Å². The molecule has 0 aromatic heterocycles. The second-order valence-corrected chi connectivity index (χ2v) is 7.92. The van der Waals surface area contributed by atoms with Crippen LogP contribution in [0.25, 0.3) is 0 Å². The van der Waals surface area contributed by atoms with Gasteiger partial charge in [0, 0.05) is 25.8 Å². The Morgan fingerprint density at radius 2 is 2.14 bits per heavy atom. The van der Waals surface area contributed by atoms with Gasteiger partial charge in [0.2, 0.25) is 10.0 Å². The van der Waals surface area contributed by atoms with E-state index in [-0.39, 0.29) is 30.5 Å². The van der Waals surface area contributed by atoms with Crippen molar-refractivity contribution in [3.05, 3.63) is 0 Å². The summed E-state index contributed by atoms with van der Waals surface area (Å²) in [5.74, 6) is 0.0517. The molecule has 2 rings (SSSR count). The van der Waals surface area contributed by atoms with E-state index in [2.05, 4.69) is 0 Å². The summed E-state index contributed by atoms with van der Waals surface area (Å²) in [5.41, 5.74) is 6.02. The van der Waals surface area contributed by atoms with Gasteiger partial charge < -0.3 is 15.2 Å². The minimum absolute atomic E-state index is 0.0517. The number of sulfonamides is 1. The van der Waals surface area contributed by atoms with Gasteiger partial charge in [-0.15, -0.1) is 0 Å². The van der Waals surface area contributed by atoms with Crippen molar-refractivity contribution in [1.82, 2.24) is 4.31 Å². The molecule has 3 unspecified atom stereocenters. The van der Waals surface area contributed by atoms with Crippen LogP contribution in [0.1, 0.15) is 39.0 Å². The number of nitrogens with zero attached hydrogens (tertiary/aromatic N) is 1. The number of piperidine rings is 1. The van der Waals surface area contributed by atoms with Crippen molar-refractivity contribution in [2.75, 3.05) is 32.1 Å². The lowest BCUT2D eigenvalue weighted by molar-refractivity contribution is -0.0387. The molecule has 2 fully saturated rings. The zero-order valence-corrected chi connectivity index (χ0v) is 13.7. The van der Waals surface area contributed by atoms with Crippen molar-refractivity contribution >= 4 is 10.0 Å². The molecular formula is C14H28N2O4S. The molecule has 2 heterocycles. The third kappa shape index (κ3) is 4.63. The van der Waals surface area contributed by atoms with Crippen molar-refractivity contribution in [2.24, 2.45) is 5.73 Å². The summed E-state index contributed by atoms with van der Waals surface area (Å²) in [6.07, 6.45) is 4.39. The molecule has 0 bridgehead atoms. The summed E-state index contributed by atoms with van der Waals surface area (Å²) in [5, 5.41) is 0. The molecule has 3 atom stereocenters. The first-order valence-electron chi connectivity index (χ1n) is 7.99. The van der Waals surface area contributed by atoms with Crippen LogP contribution in [0.15, 0.2) is 0 Å². The van der Waals surface area contributed by atoms with Gasteiger partial charge in [0.1, 0.15) is 0 Å². The molecule has 0 amide bonds. The molecule has 0 saturated carbocycles. The first-order chi connectivity index (χ1) is 10.0. The van der Waals surface area contributed by atoms with Crippen molar-refractivity contribution in [3.8, 4) is 0 Å². The van der Waals surface area contributed by atoms with Crippen LogP contribution in [0.2, 0.25) is 0 Å². The molecular weight excluding hydrogens is 292 g/mol. The summed E-state index contributed by atoms with van der Waals surface area (Å²) >= 11 is 0. The van der Waals surface area contributed by atoms with E-state index >= 15 is 0 Å². The van der Waals surface area contributed by atoms with Crippen molar-refractivity contribution < 1.29 is 17.9 Å². The fourth-order valence-corrected chi connectivity index (χ4v) is 4.82. The molecule has 0 spiro atoms. The maximum absolute atomic E-state index is 12.6. The Hall–Kier alpha value is -0.210. The van der Waals surface area contributed by atoms with Gasteiger partial charge in [0.15, 0.2) is 0 Å². The zero-order chi connectivity index (χ0) is 15.3.